The molecule has 134 valence electrons. The van der Waals surface area contributed by atoms with Crippen LogP contribution < -0.4 is 10.3 Å². The van der Waals surface area contributed by atoms with Gasteiger partial charge in [-0.1, -0.05) is 66.7 Å². The number of hydrogen-bond acceptors (Lipinski definition) is 3. The highest BCUT2D eigenvalue weighted by molar-refractivity contribution is 5.97. The molecule has 0 fully saturated rings. The zero-order valence-corrected chi connectivity index (χ0v) is 14.9. The number of para-hydroxylation sites is 2. The first kappa shape index (κ1) is 16.3. The van der Waals surface area contributed by atoms with E-state index in [1.165, 1.54) is 0 Å². The van der Waals surface area contributed by atoms with Crippen molar-refractivity contribution >= 4 is 21.8 Å². The summed E-state index contributed by atoms with van der Waals surface area (Å²) in [6.45, 7) is 0. The zero-order chi connectivity index (χ0) is 18.9. The second-order valence-corrected chi connectivity index (χ2v) is 6.50. The fourth-order valence-electron chi connectivity index (χ4n) is 3.48. The van der Waals surface area contributed by atoms with E-state index < -0.39 is 0 Å². The third-order valence-corrected chi connectivity index (χ3v) is 4.75. The van der Waals surface area contributed by atoms with Gasteiger partial charge in [-0.25, -0.2) is 0 Å². The smallest absolute Gasteiger partial charge is 0.292 e. The second kappa shape index (κ2) is 6.67. The Morgan fingerprint density at radius 3 is 2.46 bits per heavy atom. The van der Waals surface area contributed by atoms with E-state index in [1.54, 1.807) is 6.20 Å². The minimum Gasteiger partial charge on any atom is -0.449 e. The van der Waals surface area contributed by atoms with Gasteiger partial charge in [0.05, 0.1) is 0 Å². The molecule has 0 radical (unpaired) electrons. The van der Waals surface area contributed by atoms with Crippen molar-refractivity contribution < 1.29 is 4.74 Å². The Kier molecular flexibility index (Phi) is 3.87. The first-order chi connectivity index (χ1) is 13.8. The van der Waals surface area contributed by atoms with Crippen LogP contribution >= 0.6 is 0 Å². The summed E-state index contributed by atoms with van der Waals surface area (Å²) in [6, 6.07) is 27.1. The van der Waals surface area contributed by atoms with E-state index in [0.29, 0.717) is 5.75 Å². The van der Waals surface area contributed by atoms with E-state index in [1.807, 2.05) is 84.9 Å². The van der Waals surface area contributed by atoms with Gasteiger partial charge in [0.2, 0.25) is 5.75 Å². The number of nitrogens with zero attached hydrogens (tertiary/aromatic N) is 1. The monoisotopic (exact) mass is 364 g/mol. The zero-order valence-electron chi connectivity index (χ0n) is 14.9. The number of aromatic nitrogens is 2. The van der Waals surface area contributed by atoms with Crippen LogP contribution in [-0.4, -0.2) is 9.97 Å². The fourth-order valence-corrected chi connectivity index (χ4v) is 3.48. The number of benzene rings is 3. The molecule has 0 unspecified atom stereocenters. The Balaban J connectivity index is 1.80. The third-order valence-electron chi connectivity index (χ3n) is 4.75. The summed E-state index contributed by atoms with van der Waals surface area (Å²) < 4.78 is 6.21. The van der Waals surface area contributed by atoms with E-state index in [2.05, 4.69) is 9.97 Å². The number of H-pyrrole nitrogens is 1. The predicted octanol–water partition coefficient (Wildman–Crippen LogP) is 5.54. The van der Waals surface area contributed by atoms with Crippen LogP contribution in [0.3, 0.4) is 0 Å². The molecule has 5 rings (SSSR count). The number of nitrogens with one attached hydrogen (secondary N) is 1. The van der Waals surface area contributed by atoms with Crippen molar-refractivity contribution in [1.29, 1.82) is 0 Å². The summed E-state index contributed by atoms with van der Waals surface area (Å²) in [5.74, 6) is 0.819. The molecule has 0 amide bonds. The Hall–Kier alpha value is -3.92. The van der Waals surface area contributed by atoms with Crippen molar-refractivity contribution in [3.8, 4) is 22.6 Å². The van der Waals surface area contributed by atoms with E-state index in [9.17, 15) is 4.79 Å². The first-order valence-electron chi connectivity index (χ1n) is 9.03. The molecule has 5 aromatic rings. The molecule has 2 heterocycles. The lowest BCUT2D eigenvalue weighted by Gasteiger charge is -2.14. The number of aromatic amines is 1. The molecule has 4 heteroatoms. The third kappa shape index (κ3) is 2.72. The van der Waals surface area contributed by atoms with Crippen molar-refractivity contribution in [1.82, 2.24) is 9.97 Å². The fraction of sp³-hybridized carbons (Fsp3) is 0. The van der Waals surface area contributed by atoms with Gasteiger partial charge in [-0.3, -0.25) is 9.78 Å². The summed E-state index contributed by atoms with van der Waals surface area (Å²) >= 11 is 0. The van der Waals surface area contributed by atoms with Gasteiger partial charge in [0.1, 0.15) is 5.52 Å². The first-order valence-corrected chi connectivity index (χ1v) is 9.03. The van der Waals surface area contributed by atoms with Crippen molar-refractivity contribution in [2.75, 3.05) is 0 Å². The molecule has 3 aromatic carbocycles. The maximum absolute atomic E-state index is 13.0. The van der Waals surface area contributed by atoms with Crippen molar-refractivity contribution in [3.63, 3.8) is 0 Å². The molecule has 0 saturated carbocycles. The Morgan fingerprint density at radius 2 is 1.57 bits per heavy atom. The van der Waals surface area contributed by atoms with Gasteiger partial charge in [-0.2, -0.15) is 0 Å². The van der Waals surface area contributed by atoms with Crippen LogP contribution in [0.4, 0.5) is 0 Å². The molecule has 0 bridgehead atoms. The van der Waals surface area contributed by atoms with Gasteiger partial charge in [-0.05, 0) is 23.8 Å². The number of hydrogen-bond donors (Lipinski definition) is 1. The summed E-state index contributed by atoms with van der Waals surface area (Å²) in [5, 5.41) is 1.88. The number of rotatable bonds is 3. The van der Waals surface area contributed by atoms with Crippen LogP contribution in [0.5, 0.6) is 11.5 Å². The lowest BCUT2D eigenvalue weighted by Crippen LogP contribution is -2.11. The Morgan fingerprint density at radius 1 is 0.786 bits per heavy atom. The maximum atomic E-state index is 13.0. The molecule has 0 aliphatic carbocycles. The van der Waals surface area contributed by atoms with Crippen molar-refractivity contribution in [2.24, 2.45) is 0 Å². The van der Waals surface area contributed by atoms with Gasteiger partial charge >= 0.3 is 0 Å². The summed E-state index contributed by atoms with van der Waals surface area (Å²) in [7, 11) is 0. The van der Waals surface area contributed by atoms with E-state index >= 15 is 0 Å². The van der Waals surface area contributed by atoms with Crippen LogP contribution in [0, 0.1) is 0 Å². The topological polar surface area (TPSA) is 55.0 Å². The summed E-state index contributed by atoms with van der Waals surface area (Å²) in [5.41, 5.74) is 2.91. The normalized spacial score (nSPS) is 11.0. The largest absolute Gasteiger partial charge is 0.449 e. The maximum Gasteiger partial charge on any atom is 0.292 e. The van der Waals surface area contributed by atoms with Gasteiger partial charge in [-0.15, -0.1) is 0 Å². The Bertz CT molecular complexity index is 1350. The molecular formula is C24H16N2O2. The standard InChI is InChI=1S/C24H16N2O2/c27-24-23(28-20-14-6-10-17-11-7-15-25-22(17)20)21(16-8-2-1-3-9-16)18-12-4-5-13-19(18)26-24/h1-15H,(H,26,27). The molecule has 0 spiro atoms. The van der Waals surface area contributed by atoms with Gasteiger partial charge in [0.25, 0.3) is 5.56 Å². The van der Waals surface area contributed by atoms with Crippen molar-refractivity contribution in [2.45, 2.75) is 0 Å². The molecule has 28 heavy (non-hydrogen) atoms. The highest BCUT2D eigenvalue weighted by Crippen LogP contribution is 2.37. The number of fused-ring (bicyclic) bond motifs is 2. The van der Waals surface area contributed by atoms with Gasteiger partial charge in [0.15, 0.2) is 5.75 Å². The number of ether oxygens (including phenoxy) is 1. The van der Waals surface area contributed by atoms with E-state index in [4.69, 9.17) is 4.74 Å². The molecule has 1 N–H and O–H groups in total. The molecule has 0 aliphatic rings. The molecule has 4 nitrogen and oxygen atoms in total. The van der Waals surface area contributed by atoms with Crippen LogP contribution in [0.25, 0.3) is 32.9 Å². The van der Waals surface area contributed by atoms with Crippen LogP contribution in [0.1, 0.15) is 0 Å². The van der Waals surface area contributed by atoms with Crippen LogP contribution in [0.2, 0.25) is 0 Å². The molecular weight excluding hydrogens is 348 g/mol. The lowest BCUT2D eigenvalue weighted by atomic mass is 10.0. The molecule has 0 aliphatic heterocycles. The van der Waals surface area contributed by atoms with Crippen LogP contribution in [0.15, 0.2) is 95.9 Å². The highest BCUT2D eigenvalue weighted by Gasteiger charge is 2.17. The predicted molar refractivity (Wildman–Crippen MR) is 112 cm³/mol. The summed E-state index contributed by atoms with van der Waals surface area (Å²) in [4.78, 5) is 20.3. The average molecular weight is 364 g/mol. The molecule has 0 atom stereocenters. The highest BCUT2D eigenvalue weighted by atomic mass is 16.5. The van der Waals surface area contributed by atoms with E-state index in [0.717, 1.165) is 32.9 Å². The van der Waals surface area contributed by atoms with Crippen LogP contribution in [-0.2, 0) is 0 Å². The van der Waals surface area contributed by atoms with Crippen molar-refractivity contribution in [3.05, 3.63) is 101 Å². The van der Waals surface area contributed by atoms with Gasteiger partial charge < -0.3 is 9.72 Å². The molecule has 2 aromatic heterocycles. The molecule has 0 saturated heterocycles. The quantitative estimate of drug-likeness (QED) is 0.457. The van der Waals surface area contributed by atoms with Gasteiger partial charge in [0, 0.05) is 28.0 Å². The minimum absolute atomic E-state index is 0.267. The van der Waals surface area contributed by atoms with E-state index in [-0.39, 0.29) is 11.3 Å². The SMILES string of the molecule is O=c1[nH]c2ccccc2c(-c2ccccc2)c1Oc1cccc2cccnc12. The Labute approximate surface area is 161 Å². The summed E-state index contributed by atoms with van der Waals surface area (Å²) in [6.07, 6.45) is 1.72. The lowest BCUT2D eigenvalue weighted by molar-refractivity contribution is 0.482. The number of pyridine rings is 2. The average Bonchev–Trinajstić information content (AvgIpc) is 2.75. The minimum atomic E-state index is -0.273. The second-order valence-electron chi connectivity index (χ2n) is 6.50.